The highest BCUT2D eigenvalue weighted by molar-refractivity contribution is 5.94. The van der Waals surface area contributed by atoms with Crippen molar-refractivity contribution in [2.75, 3.05) is 18.6 Å². The SMILES string of the molecule is C=C(O)c1cc(C(=O)NCc2ccc(C(=O)OC)cc2)nc2c(N)nc(N)n12. The van der Waals surface area contributed by atoms with E-state index in [4.69, 9.17) is 11.5 Å². The van der Waals surface area contributed by atoms with Crippen molar-refractivity contribution in [1.82, 2.24) is 19.7 Å². The maximum Gasteiger partial charge on any atom is 0.337 e. The lowest BCUT2D eigenvalue weighted by atomic mass is 10.1. The molecular formula is C18H18N6O4. The Morgan fingerprint density at radius 2 is 1.93 bits per heavy atom. The molecule has 2 aromatic heterocycles. The standard InChI is InChI=1S/C18H18N6O4/c1-9(25)13-7-12(22-15-14(19)23-18(20)24(13)15)16(26)21-8-10-3-5-11(6-4-10)17(27)28-2/h3-7,25H,1,8,19H2,2H3,(H2,20,23)(H,21,26). The number of aliphatic hydroxyl groups is 1. The topological polar surface area (TPSA) is 158 Å². The number of ether oxygens (including phenoxy) is 1. The van der Waals surface area contributed by atoms with E-state index in [1.807, 2.05) is 0 Å². The van der Waals surface area contributed by atoms with Crippen LogP contribution in [0, 0.1) is 0 Å². The highest BCUT2D eigenvalue weighted by atomic mass is 16.5. The minimum Gasteiger partial charge on any atom is -0.506 e. The van der Waals surface area contributed by atoms with Gasteiger partial charge in [0.05, 0.1) is 18.4 Å². The van der Waals surface area contributed by atoms with Crippen LogP contribution >= 0.6 is 0 Å². The van der Waals surface area contributed by atoms with E-state index in [0.29, 0.717) is 5.56 Å². The molecule has 3 rings (SSSR count). The molecule has 6 N–H and O–H groups in total. The largest absolute Gasteiger partial charge is 0.506 e. The summed E-state index contributed by atoms with van der Waals surface area (Å²) < 4.78 is 5.94. The fourth-order valence-corrected chi connectivity index (χ4v) is 2.61. The van der Waals surface area contributed by atoms with Gasteiger partial charge in [-0.2, -0.15) is 4.98 Å². The number of imidazole rings is 1. The number of carbonyl (C=O) groups excluding carboxylic acids is 2. The Hall–Kier alpha value is -4.08. The zero-order valence-electron chi connectivity index (χ0n) is 15.0. The molecule has 0 aliphatic rings. The lowest BCUT2D eigenvalue weighted by molar-refractivity contribution is 0.0600. The number of methoxy groups -OCH3 is 1. The average molecular weight is 382 g/mol. The van der Waals surface area contributed by atoms with Crippen molar-refractivity contribution in [3.05, 3.63) is 59.4 Å². The molecule has 0 unspecified atom stereocenters. The monoisotopic (exact) mass is 382 g/mol. The average Bonchev–Trinajstić information content (AvgIpc) is 2.98. The molecule has 0 bridgehead atoms. The number of benzene rings is 1. The number of rotatable bonds is 5. The first-order valence-electron chi connectivity index (χ1n) is 8.10. The summed E-state index contributed by atoms with van der Waals surface area (Å²) in [5, 5.41) is 12.5. The van der Waals surface area contributed by atoms with Crippen LogP contribution in [0.15, 0.2) is 36.9 Å². The van der Waals surface area contributed by atoms with E-state index in [0.717, 1.165) is 5.56 Å². The lowest BCUT2D eigenvalue weighted by Crippen LogP contribution is -2.24. The summed E-state index contributed by atoms with van der Waals surface area (Å²) in [6.45, 7) is 3.66. The molecule has 0 spiro atoms. The summed E-state index contributed by atoms with van der Waals surface area (Å²) in [4.78, 5) is 32.0. The number of aliphatic hydroxyl groups excluding tert-OH is 1. The first kappa shape index (κ1) is 18.7. The summed E-state index contributed by atoms with van der Waals surface area (Å²) in [7, 11) is 1.30. The number of esters is 1. The second-order valence-corrected chi connectivity index (χ2v) is 5.86. The number of hydrogen-bond donors (Lipinski definition) is 4. The summed E-state index contributed by atoms with van der Waals surface area (Å²) in [5.74, 6) is -1.22. The number of nitrogen functional groups attached to an aromatic ring is 2. The Balaban J connectivity index is 1.83. The van der Waals surface area contributed by atoms with Crippen LogP contribution < -0.4 is 16.8 Å². The molecule has 0 fully saturated rings. The van der Waals surface area contributed by atoms with Gasteiger partial charge in [-0.3, -0.25) is 9.20 Å². The molecule has 0 aliphatic carbocycles. The third-order valence-corrected chi connectivity index (χ3v) is 4.00. The highest BCUT2D eigenvalue weighted by Gasteiger charge is 2.18. The van der Waals surface area contributed by atoms with E-state index in [1.165, 1.54) is 17.6 Å². The quantitative estimate of drug-likeness (QED) is 0.378. The van der Waals surface area contributed by atoms with Gasteiger partial charge in [0, 0.05) is 6.54 Å². The number of aromatic nitrogens is 3. The predicted molar refractivity (Wildman–Crippen MR) is 102 cm³/mol. The van der Waals surface area contributed by atoms with Crippen LogP contribution in [0.3, 0.4) is 0 Å². The van der Waals surface area contributed by atoms with Crippen LogP contribution in [0.4, 0.5) is 11.8 Å². The highest BCUT2D eigenvalue weighted by Crippen LogP contribution is 2.21. The van der Waals surface area contributed by atoms with Crippen LogP contribution in [0.25, 0.3) is 11.4 Å². The molecule has 28 heavy (non-hydrogen) atoms. The van der Waals surface area contributed by atoms with E-state index in [9.17, 15) is 14.7 Å². The Labute approximate surface area is 159 Å². The molecule has 1 aromatic carbocycles. The number of nitrogens with zero attached hydrogens (tertiary/aromatic N) is 3. The van der Waals surface area contributed by atoms with Gasteiger partial charge in [0.2, 0.25) is 5.95 Å². The number of nitrogens with two attached hydrogens (primary N) is 2. The molecule has 0 aliphatic heterocycles. The molecular weight excluding hydrogens is 364 g/mol. The number of anilines is 2. The Bertz CT molecular complexity index is 1090. The normalized spacial score (nSPS) is 10.6. The van der Waals surface area contributed by atoms with E-state index < -0.39 is 11.9 Å². The van der Waals surface area contributed by atoms with E-state index >= 15 is 0 Å². The van der Waals surface area contributed by atoms with Crippen molar-refractivity contribution in [2.45, 2.75) is 6.54 Å². The summed E-state index contributed by atoms with van der Waals surface area (Å²) >= 11 is 0. The summed E-state index contributed by atoms with van der Waals surface area (Å²) in [5.41, 5.74) is 13.0. The first-order chi connectivity index (χ1) is 13.3. The molecule has 0 saturated carbocycles. The predicted octanol–water partition coefficient (Wildman–Crippen LogP) is 1.14. The van der Waals surface area contributed by atoms with Gasteiger partial charge in [-0.25, -0.2) is 9.78 Å². The smallest absolute Gasteiger partial charge is 0.337 e. The third-order valence-electron chi connectivity index (χ3n) is 4.00. The van der Waals surface area contributed by atoms with Crippen molar-refractivity contribution in [1.29, 1.82) is 0 Å². The van der Waals surface area contributed by atoms with Crippen LogP contribution in [0.2, 0.25) is 0 Å². The first-order valence-corrected chi connectivity index (χ1v) is 8.10. The minimum atomic E-state index is -0.499. The fourth-order valence-electron chi connectivity index (χ4n) is 2.61. The zero-order chi connectivity index (χ0) is 20.4. The van der Waals surface area contributed by atoms with Crippen molar-refractivity contribution in [3.63, 3.8) is 0 Å². The Morgan fingerprint density at radius 3 is 2.54 bits per heavy atom. The van der Waals surface area contributed by atoms with E-state index in [1.54, 1.807) is 24.3 Å². The van der Waals surface area contributed by atoms with E-state index in [-0.39, 0.29) is 41.1 Å². The van der Waals surface area contributed by atoms with Crippen LogP contribution in [-0.4, -0.2) is 38.5 Å². The second-order valence-electron chi connectivity index (χ2n) is 5.86. The van der Waals surface area contributed by atoms with Crippen LogP contribution in [0.5, 0.6) is 0 Å². The van der Waals surface area contributed by atoms with Gasteiger partial charge in [0.15, 0.2) is 11.5 Å². The second kappa shape index (κ2) is 7.27. The fraction of sp³-hybridized carbons (Fsp3) is 0.111. The number of amides is 1. The van der Waals surface area contributed by atoms with Crippen LogP contribution in [-0.2, 0) is 11.3 Å². The van der Waals surface area contributed by atoms with Gasteiger partial charge >= 0.3 is 5.97 Å². The van der Waals surface area contributed by atoms with Gasteiger partial charge in [-0.15, -0.1) is 0 Å². The molecule has 144 valence electrons. The van der Waals surface area contributed by atoms with Crippen molar-refractivity contribution < 1.29 is 19.4 Å². The number of hydrogen-bond acceptors (Lipinski definition) is 8. The summed E-state index contributed by atoms with van der Waals surface area (Å²) in [6, 6.07) is 7.92. The maximum absolute atomic E-state index is 12.5. The van der Waals surface area contributed by atoms with E-state index in [2.05, 4.69) is 26.6 Å². The molecule has 10 heteroatoms. The molecule has 0 saturated heterocycles. The molecule has 2 heterocycles. The number of fused-ring (bicyclic) bond motifs is 1. The number of nitrogens with one attached hydrogen (secondary N) is 1. The van der Waals surface area contributed by atoms with Crippen molar-refractivity contribution in [2.24, 2.45) is 0 Å². The van der Waals surface area contributed by atoms with Gasteiger partial charge in [-0.05, 0) is 23.8 Å². The summed E-state index contributed by atoms with van der Waals surface area (Å²) in [6.07, 6.45) is 0. The van der Waals surface area contributed by atoms with Gasteiger partial charge in [0.25, 0.3) is 5.91 Å². The van der Waals surface area contributed by atoms with Crippen LogP contribution in [0.1, 0.15) is 32.1 Å². The molecule has 1 amide bonds. The van der Waals surface area contributed by atoms with Gasteiger partial charge in [0.1, 0.15) is 11.5 Å². The van der Waals surface area contributed by atoms with Gasteiger partial charge < -0.3 is 26.6 Å². The van der Waals surface area contributed by atoms with Crippen molar-refractivity contribution in [3.8, 4) is 0 Å². The lowest BCUT2D eigenvalue weighted by Gasteiger charge is -2.09. The minimum absolute atomic E-state index is 0.00970. The molecule has 0 atom stereocenters. The third kappa shape index (κ3) is 3.43. The molecule has 0 radical (unpaired) electrons. The van der Waals surface area contributed by atoms with Gasteiger partial charge in [-0.1, -0.05) is 18.7 Å². The zero-order valence-corrected chi connectivity index (χ0v) is 15.0. The molecule has 3 aromatic rings. The number of carbonyl (C=O) groups is 2. The maximum atomic E-state index is 12.5. The molecule has 10 nitrogen and oxygen atoms in total. The Morgan fingerprint density at radius 1 is 1.25 bits per heavy atom. The Kier molecular flexibility index (Phi) is 4.86. The van der Waals surface area contributed by atoms with Crippen molar-refractivity contribution >= 4 is 35.0 Å².